The molecule has 0 bridgehead atoms. The van der Waals surface area contributed by atoms with Crippen LogP contribution in [0.3, 0.4) is 0 Å². The standard InChI is InChI=1S/C12H21NS/c1-8(2)7-10(5)12(11(6)13)14-9(3)4/h7-8H,3,13H2,1-2,4-6H3/b10-7+,12-11+. The Morgan fingerprint density at radius 2 is 1.79 bits per heavy atom. The minimum Gasteiger partial charge on any atom is -0.401 e. The first-order chi connectivity index (χ1) is 6.34. The number of rotatable bonds is 4. The summed E-state index contributed by atoms with van der Waals surface area (Å²) < 4.78 is 0. The summed E-state index contributed by atoms with van der Waals surface area (Å²) in [5.41, 5.74) is 7.95. The quantitative estimate of drug-likeness (QED) is 0.710. The SMILES string of the molecule is C=C(C)SC(/C(C)=C/C(C)C)=C(\C)N. The van der Waals surface area contributed by atoms with Crippen molar-refractivity contribution in [3.05, 3.63) is 33.7 Å². The summed E-state index contributed by atoms with van der Waals surface area (Å²) in [5, 5.41) is 0. The highest BCUT2D eigenvalue weighted by Crippen LogP contribution is 2.31. The molecular formula is C12H21NS. The van der Waals surface area contributed by atoms with E-state index in [0.29, 0.717) is 5.92 Å². The Kier molecular flexibility index (Phi) is 5.70. The van der Waals surface area contributed by atoms with Crippen LogP contribution in [0.25, 0.3) is 0 Å². The maximum absolute atomic E-state index is 5.84. The molecule has 2 N–H and O–H groups in total. The minimum absolute atomic E-state index is 0.551. The van der Waals surface area contributed by atoms with Gasteiger partial charge in [-0.15, -0.1) is 0 Å². The molecule has 0 amide bonds. The lowest BCUT2D eigenvalue weighted by Crippen LogP contribution is -1.98. The molecule has 0 spiro atoms. The third kappa shape index (κ3) is 5.18. The lowest BCUT2D eigenvalue weighted by molar-refractivity contribution is 0.824. The van der Waals surface area contributed by atoms with Crippen molar-refractivity contribution in [1.29, 1.82) is 0 Å². The van der Waals surface area contributed by atoms with Gasteiger partial charge in [-0.25, -0.2) is 0 Å². The summed E-state index contributed by atoms with van der Waals surface area (Å²) in [7, 11) is 0. The van der Waals surface area contributed by atoms with Crippen LogP contribution in [0.2, 0.25) is 0 Å². The van der Waals surface area contributed by atoms with Crippen molar-refractivity contribution < 1.29 is 0 Å². The monoisotopic (exact) mass is 211 g/mol. The summed E-state index contributed by atoms with van der Waals surface area (Å²) in [6.07, 6.45) is 2.22. The van der Waals surface area contributed by atoms with Gasteiger partial charge in [0.2, 0.25) is 0 Å². The minimum atomic E-state index is 0.551. The molecule has 80 valence electrons. The zero-order chi connectivity index (χ0) is 11.3. The first-order valence-corrected chi connectivity index (χ1v) is 5.64. The average molecular weight is 211 g/mol. The number of hydrogen-bond acceptors (Lipinski definition) is 2. The molecule has 0 heterocycles. The second-order valence-corrected chi connectivity index (χ2v) is 5.22. The zero-order valence-corrected chi connectivity index (χ0v) is 10.7. The van der Waals surface area contributed by atoms with Crippen molar-refractivity contribution in [1.82, 2.24) is 0 Å². The number of thioether (sulfide) groups is 1. The van der Waals surface area contributed by atoms with Gasteiger partial charge in [0, 0.05) is 10.6 Å². The third-order valence-corrected chi connectivity index (χ3v) is 2.77. The molecule has 0 aromatic rings. The van der Waals surface area contributed by atoms with Crippen LogP contribution in [0.15, 0.2) is 33.7 Å². The lowest BCUT2D eigenvalue weighted by Gasteiger charge is -2.10. The first-order valence-electron chi connectivity index (χ1n) is 4.83. The van der Waals surface area contributed by atoms with E-state index in [1.807, 2.05) is 13.8 Å². The molecule has 14 heavy (non-hydrogen) atoms. The predicted molar refractivity (Wildman–Crippen MR) is 67.9 cm³/mol. The van der Waals surface area contributed by atoms with Gasteiger partial charge in [0.1, 0.15) is 0 Å². The molecule has 0 aliphatic rings. The van der Waals surface area contributed by atoms with E-state index in [9.17, 15) is 0 Å². The third-order valence-electron chi connectivity index (χ3n) is 1.58. The summed E-state index contributed by atoms with van der Waals surface area (Å²) in [5.74, 6) is 0.551. The second kappa shape index (κ2) is 5.97. The molecular weight excluding hydrogens is 190 g/mol. The van der Waals surface area contributed by atoms with Gasteiger partial charge >= 0.3 is 0 Å². The molecule has 0 aliphatic carbocycles. The highest BCUT2D eigenvalue weighted by molar-refractivity contribution is 8.06. The van der Waals surface area contributed by atoms with Gasteiger partial charge < -0.3 is 5.73 Å². The fourth-order valence-electron chi connectivity index (χ4n) is 1.22. The van der Waals surface area contributed by atoms with Crippen LogP contribution in [0.5, 0.6) is 0 Å². The predicted octanol–water partition coefficient (Wildman–Crippen LogP) is 4.05. The lowest BCUT2D eigenvalue weighted by atomic mass is 10.1. The largest absolute Gasteiger partial charge is 0.401 e. The summed E-state index contributed by atoms with van der Waals surface area (Å²) in [6.45, 7) is 14.2. The van der Waals surface area contributed by atoms with E-state index in [1.165, 1.54) is 5.57 Å². The van der Waals surface area contributed by atoms with Crippen LogP contribution in [0.1, 0.15) is 34.6 Å². The Morgan fingerprint density at radius 1 is 1.29 bits per heavy atom. The van der Waals surface area contributed by atoms with Crippen LogP contribution < -0.4 is 5.73 Å². The number of nitrogens with two attached hydrogens (primary N) is 1. The zero-order valence-electron chi connectivity index (χ0n) is 9.85. The van der Waals surface area contributed by atoms with Crippen molar-refractivity contribution >= 4 is 11.8 Å². The molecule has 1 nitrogen and oxygen atoms in total. The highest BCUT2D eigenvalue weighted by atomic mass is 32.2. The maximum atomic E-state index is 5.84. The summed E-state index contributed by atoms with van der Waals surface area (Å²) >= 11 is 1.65. The van der Waals surface area contributed by atoms with Gasteiger partial charge in [0.25, 0.3) is 0 Å². The van der Waals surface area contributed by atoms with E-state index in [0.717, 1.165) is 15.5 Å². The molecule has 0 saturated carbocycles. The van der Waals surface area contributed by atoms with Gasteiger partial charge in [-0.05, 0) is 37.2 Å². The van der Waals surface area contributed by atoms with Crippen LogP contribution in [0, 0.1) is 5.92 Å². The van der Waals surface area contributed by atoms with Crippen molar-refractivity contribution in [3.63, 3.8) is 0 Å². The molecule has 0 rings (SSSR count). The fraction of sp³-hybridized carbons (Fsp3) is 0.500. The summed E-state index contributed by atoms with van der Waals surface area (Å²) in [4.78, 5) is 2.22. The van der Waals surface area contributed by atoms with Crippen LogP contribution in [-0.4, -0.2) is 0 Å². The molecule has 0 aromatic heterocycles. The van der Waals surface area contributed by atoms with Crippen molar-refractivity contribution in [2.45, 2.75) is 34.6 Å². The van der Waals surface area contributed by atoms with E-state index in [1.54, 1.807) is 11.8 Å². The van der Waals surface area contributed by atoms with Gasteiger partial charge in [-0.1, -0.05) is 38.3 Å². The molecule has 2 heteroatoms. The molecule has 0 atom stereocenters. The van der Waals surface area contributed by atoms with E-state index >= 15 is 0 Å². The molecule has 0 fully saturated rings. The van der Waals surface area contributed by atoms with E-state index in [2.05, 4.69) is 33.4 Å². The average Bonchev–Trinajstić information content (AvgIpc) is 1.97. The second-order valence-electron chi connectivity index (χ2n) is 3.91. The molecule has 0 aromatic carbocycles. The number of allylic oxidation sites excluding steroid dienone is 4. The highest BCUT2D eigenvalue weighted by Gasteiger charge is 2.05. The maximum Gasteiger partial charge on any atom is 0.0329 e. The van der Waals surface area contributed by atoms with Crippen molar-refractivity contribution in [3.8, 4) is 0 Å². The van der Waals surface area contributed by atoms with Crippen LogP contribution in [0.4, 0.5) is 0 Å². The molecule has 0 radical (unpaired) electrons. The Bertz CT molecular complexity index is 268. The van der Waals surface area contributed by atoms with Crippen molar-refractivity contribution in [2.24, 2.45) is 11.7 Å². The normalized spacial score (nSPS) is 14.3. The fourth-order valence-corrected chi connectivity index (χ4v) is 1.96. The van der Waals surface area contributed by atoms with Crippen molar-refractivity contribution in [2.75, 3.05) is 0 Å². The first kappa shape index (κ1) is 13.4. The summed E-state index contributed by atoms with van der Waals surface area (Å²) in [6, 6.07) is 0. The van der Waals surface area contributed by atoms with E-state index in [-0.39, 0.29) is 0 Å². The number of hydrogen-bond donors (Lipinski definition) is 1. The van der Waals surface area contributed by atoms with E-state index in [4.69, 9.17) is 5.73 Å². The van der Waals surface area contributed by atoms with Gasteiger partial charge in [-0.3, -0.25) is 0 Å². The Balaban J connectivity index is 4.87. The van der Waals surface area contributed by atoms with Gasteiger partial charge in [-0.2, -0.15) is 0 Å². The molecule has 0 saturated heterocycles. The van der Waals surface area contributed by atoms with Crippen LogP contribution in [-0.2, 0) is 0 Å². The van der Waals surface area contributed by atoms with E-state index < -0.39 is 0 Å². The molecule has 0 unspecified atom stereocenters. The smallest absolute Gasteiger partial charge is 0.0329 e. The van der Waals surface area contributed by atoms with Gasteiger partial charge in [0.15, 0.2) is 0 Å². The topological polar surface area (TPSA) is 26.0 Å². The van der Waals surface area contributed by atoms with Crippen LogP contribution >= 0.6 is 11.8 Å². The Hall–Kier alpha value is -0.630. The van der Waals surface area contributed by atoms with Gasteiger partial charge in [0.05, 0.1) is 0 Å². The molecule has 0 aliphatic heterocycles. The Labute approximate surface area is 92.1 Å². The Morgan fingerprint density at radius 3 is 2.07 bits per heavy atom.